The monoisotopic (exact) mass is 284 g/mol. The lowest BCUT2D eigenvalue weighted by atomic mass is 10.2. The van der Waals surface area contributed by atoms with Gasteiger partial charge in [-0.1, -0.05) is 18.2 Å². The summed E-state index contributed by atoms with van der Waals surface area (Å²) in [6, 6.07) is 17.9. The summed E-state index contributed by atoms with van der Waals surface area (Å²) in [5.74, 6) is 1.69. The number of hydrogen-bond donors (Lipinski definition) is 1. The van der Waals surface area contributed by atoms with Crippen LogP contribution in [-0.2, 0) is 4.74 Å². The number of nitrogens with zero attached hydrogens (tertiary/aromatic N) is 1. The van der Waals surface area contributed by atoms with Crippen LogP contribution in [0.2, 0.25) is 0 Å². The van der Waals surface area contributed by atoms with Gasteiger partial charge in [0.15, 0.2) is 0 Å². The zero-order valence-electron chi connectivity index (χ0n) is 11.9. The van der Waals surface area contributed by atoms with Crippen LogP contribution < -0.4 is 15.4 Å². The Labute approximate surface area is 125 Å². The van der Waals surface area contributed by atoms with Crippen molar-refractivity contribution in [3.05, 3.63) is 54.6 Å². The van der Waals surface area contributed by atoms with E-state index in [4.69, 9.17) is 15.2 Å². The zero-order valence-corrected chi connectivity index (χ0v) is 11.9. The molecule has 1 aliphatic heterocycles. The maximum Gasteiger partial charge on any atom is 0.127 e. The van der Waals surface area contributed by atoms with Crippen LogP contribution in [0, 0.1) is 0 Å². The lowest BCUT2D eigenvalue weighted by molar-refractivity contribution is 0.0466. The third kappa shape index (κ3) is 3.54. The molecule has 1 atom stereocenters. The smallest absolute Gasteiger partial charge is 0.127 e. The summed E-state index contributed by atoms with van der Waals surface area (Å²) in [5.41, 5.74) is 6.86. The van der Waals surface area contributed by atoms with Crippen LogP contribution in [0.15, 0.2) is 54.6 Å². The molecule has 1 heterocycles. The molecule has 21 heavy (non-hydrogen) atoms. The Morgan fingerprint density at radius 3 is 2.48 bits per heavy atom. The minimum atomic E-state index is 0.124. The average molecular weight is 284 g/mol. The van der Waals surface area contributed by atoms with Gasteiger partial charge < -0.3 is 20.1 Å². The standard InChI is InChI=1S/C17H20N2O2/c18-12-17-13-19(10-11-20-17)14-6-8-16(9-7-14)21-15-4-2-1-3-5-15/h1-9,17H,10-13,18H2. The second-order valence-corrected chi connectivity index (χ2v) is 5.08. The Morgan fingerprint density at radius 1 is 1.05 bits per heavy atom. The number of anilines is 1. The van der Waals surface area contributed by atoms with Crippen molar-refractivity contribution in [1.82, 2.24) is 0 Å². The van der Waals surface area contributed by atoms with Gasteiger partial charge in [-0.25, -0.2) is 0 Å². The van der Waals surface area contributed by atoms with Crippen molar-refractivity contribution in [3.63, 3.8) is 0 Å². The maximum atomic E-state index is 5.80. The minimum absolute atomic E-state index is 0.124. The van der Waals surface area contributed by atoms with Crippen LogP contribution in [0.3, 0.4) is 0 Å². The summed E-state index contributed by atoms with van der Waals surface area (Å²) in [6.07, 6.45) is 0.124. The molecule has 2 aromatic carbocycles. The number of para-hydroxylation sites is 1. The van der Waals surface area contributed by atoms with Gasteiger partial charge in [0.1, 0.15) is 11.5 Å². The van der Waals surface area contributed by atoms with E-state index in [9.17, 15) is 0 Å². The summed E-state index contributed by atoms with van der Waals surface area (Å²) in [6.45, 7) is 3.03. The number of nitrogens with two attached hydrogens (primary N) is 1. The molecular weight excluding hydrogens is 264 g/mol. The fraction of sp³-hybridized carbons (Fsp3) is 0.294. The summed E-state index contributed by atoms with van der Waals surface area (Å²) in [4.78, 5) is 2.30. The zero-order chi connectivity index (χ0) is 14.5. The van der Waals surface area contributed by atoms with E-state index in [2.05, 4.69) is 17.0 Å². The lowest BCUT2D eigenvalue weighted by Crippen LogP contribution is -2.45. The molecule has 0 bridgehead atoms. The lowest BCUT2D eigenvalue weighted by Gasteiger charge is -2.34. The van der Waals surface area contributed by atoms with E-state index in [0.717, 1.165) is 31.2 Å². The Bertz CT molecular complexity index is 557. The summed E-state index contributed by atoms with van der Waals surface area (Å²) < 4.78 is 11.4. The second kappa shape index (κ2) is 6.61. The van der Waals surface area contributed by atoms with Gasteiger partial charge in [0.05, 0.1) is 12.7 Å². The molecule has 4 heteroatoms. The summed E-state index contributed by atoms with van der Waals surface area (Å²) >= 11 is 0. The van der Waals surface area contributed by atoms with Crippen molar-refractivity contribution in [2.24, 2.45) is 5.73 Å². The molecule has 0 aromatic heterocycles. The van der Waals surface area contributed by atoms with E-state index in [1.807, 2.05) is 42.5 Å². The Morgan fingerprint density at radius 2 is 1.76 bits per heavy atom. The van der Waals surface area contributed by atoms with Crippen LogP contribution in [0.1, 0.15) is 0 Å². The molecule has 3 rings (SSSR count). The van der Waals surface area contributed by atoms with Gasteiger partial charge in [0.2, 0.25) is 0 Å². The molecule has 0 amide bonds. The van der Waals surface area contributed by atoms with E-state index >= 15 is 0 Å². The predicted molar refractivity (Wildman–Crippen MR) is 84.0 cm³/mol. The SMILES string of the molecule is NCC1CN(c2ccc(Oc3ccccc3)cc2)CCO1. The van der Waals surface area contributed by atoms with Crippen molar-refractivity contribution >= 4 is 5.69 Å². The van der Waals surface area contributed by atoms with E-state index in [1.54, 1.807) is 0 Å². The molecule has 1 fully saturated rings. The van der Waals surface area contributed by atoms with Crippen LogP contribution in [0.4, 0.5) is 5.69 Å². The normalized spacial score (nSPS) is 18.5. The van der Waals surface area contributed by atoms with Crippen molar-refractivity contribution in [3.8, 4) is 11.5 Å². The molecule has 1 unspecified atom stereocenters. The first-order valence-electron chi connectivity index (χ1n) is 7.25. The van der Waals surface area contributed by atoms with E-state index in [1.165, 1.54) is 5.69 Å². The maximum absolute atomic E-state index is 5.80. The highest BCUT2D eigenvalue weighted by molar-refractivity contribution is 5.50. The van der Waals surface area contributed by atoms with Crippen molar-refractivity contribution in [1.29, 1.82) is 0 Å². The second-order valence-electron chi connectivity index (χ2n) is 5.08. The number of benzene rings is 2. The first-order chi connectivity index (χ1) is 10.3. The van der Waals surface area contributed by atoms with Crippen LogP contribution in [0.25, 0.3) is 0 Å². The molecule has 1 aliphatic rings. The van der Waals surface area contributed by atoms with Gasteiger partial charge in [-0.3, -0.25) is 0 Å². The van der Waals surface area contributed by atoms with Crippen molar-refractivity contribution < 1.29 is 9.47 Å². The molecular formula is C17H20N2O2. The first-order valence-corrected chi connectivity index (χ1v) is 7.25. The molecule has 2 aromatic rings. The quantitative estimate of drug-likeness (QED) is 0.937. The van der Waals surface area contributed by atoms with Gasteiger partial charge in [-0.15, -0.1) is 0 Å². The molecule has 4 nitrogen and oxygen atoms in total. The number of morpholine rings is 1. The topological polar surface area (TPSA) is 47.7 Å². The largest absolute Gasteiger partial charge is 0.457 e. The van der Waals surface area contributed by atoms with E-state index < -0.39 is 0 Å². The van der Waals surface area contributed by atoms with Crippen LogP contribution >= 0.6 is 0 Å². The van der Waals surface area contributed by atoms with Crippen LogP contribution in [-0.4, -0.2) is 32.3 Å². The number of ether oxygens (including phenoxy) is 2. The highest BCUT2D eigenvalue weighted by Crippen LogP contribution is 2.25. The first kappa shape index (κ1) is 13.9. The molecule has 0 radical (unpaired) electrons. The third-order valence-corrected chi connectivity index (χ3v) is 3.58. The predicted octanol–water partition coefficient (Wildman–Crippen LogP) is 2.64. The minimum Gasteiger partial charge on any atom is -0.457 e. The van der Waals surface area contributed by atoms with Crippen molar-refractivity contribution in [2.45, 2.75) is 6.10 Å². The fourth-order valence-electron chi connectivity index (χ4n) is 2.45. The molecule has 0 aliphatic carbocycles. The van der Waals surface area contributed by atoms with Gasteiger partial charge >= 0.3 is 0 Å². The Kier molecular flexibility index (Phi) is 4.38. The van der Waals surface area contributed by atoms with Crippen molar-refractivity contribution in [2.75, 3.05) is 31.1 Å². The summed E-state index contributed by atoms with van der Waals surface area (Å²) in [5, 5.41) is 0. The number of rotatable bonds is 4. The highest BCUT2D eigenvalue weighted by atomic mass is 16.5. The molecule has 0 saturated carbocycles. The molecule has 2 N–H and O–H groups in total. The summed E-state index contributed by atoms with van der Waals surface area (Å²) in [7, 11) is 0. The highest BCUT2D eigenvalue weighted by Gasteiger charge is 2.19. The Hall–Kier alpha value is -2.04. The van der Waals surface area contributed by atoms with Gasteiger partial charge in [-0.2, -0.15) is 0 Å². The van der Waals surface area contributed by atoms with Gasteiger partial charge in [0.25, 0.3) is 0 Å². The number of hydrogen-bond acceptors (Lipinski definition) is 4. The van der Waals surface area contributed by atoms with Crippen LogP contribution in [0.5, 0.6) is 11.5 Å². The average Bonchev–Trinajstić information content (AvgIpc) is 2.56. The Balaban J connectivity index is 1.66. The van der Waals surface area contributed by atoms with E-state index in [0.29, 0.717) is 6.54 Å². The molecule has 110 valence electrons. The molecule has 1 saturated heterocycles. The third-order valence-electron chi connectivity index (χ3n) is 3.58. The molecule has 0 spiro atoms. The van der Waals surface area contributed by atoms with Gasteiger partial charge in [0, 0.05) is 25.3 Å². The fourth-order valence-corrected chi connectivity index (χ4v) is 2.45. The van der Waals surface area contributed by atoms with Gasteiger partial charge in [-0.05, 0) is 36.4 Å². The van der Waals surface area contributed by atoms with E-state index in [-0.39, 0.29) is 6.10 Å².